The molecule has 0 amide bonds. The number of para-hydroxylation sites is 1. The Morgan fingerprint density at radius 3 is 2.72 bits per heavy atom. The minimum atomic E-state index is -0.357. The highest BCUT2D eigenvalue weighted by Crippen LogP contribution is 2.21. The van der Waals surface area contributed by atoms with Gasteiger partial charge in [-0.05, 0) is 24.3 Å². The molecule has 0 fully saturated rings. The summed E-state index contributed by atoms with van der Waals surface area (Å²) in [6, 6.07) is 12.2. The maximum atomic E-state index is 13.6. The van der Waals surface area contributed by atoms with Crippen molar-refractivity contribution in [2.75, 3.05) is 18.2 Å². The maximum Gasteiger partial charge on any atom is 0.148 e. The summed E-state index contributed by atoms with van der Waals surface area (Å²) in [5.74, 6) is 0.422. The minimum absolute atomic E-state index is 0.357. The number of ether oxygens (including phenoxy) is 1. The van der Waals surface area contributed by atoms with Crippen LogP contribution in [0.4, 0.5) is 15.8 Å². The van der Waals surface area contributed by atoms with E-state index in [0.717, 1.165) is 11.3 Å². The van der Waals surface area contributed by atoms with Gasteiger partial charge in [-0.3, -0.25) is 0 Å². The van der Waals surface area contributed by atoms with Gasteiger partial charge in [0, 0.05) is 17.8 Å². The highest BCUT2D eigenvalue weighted by molar-refractivity contribution is 5.53. The molecule has 2 rings (SSSR count). The van der Waals surface area contributed by atoms with Gasteiger partial charge in [0.1, 0.15) is 11.6 Å². The Labute approximate surface area is 105 Å². The Hall–Kier alpha value is -2.23. The lowest BCUT2D eigenvalue weighted by Gasteiger charge is -2.11. The Morgan fingerprint density at radius 2 is 2.00 bits per heavy atom. The van der Waals surface area contributed by atoms with Gasteiger partial charge in [0.05, 0.1) is 12.8 Å². The molecule has 4 heteroatoms. The number of rotatable bonds is 4. The monoisotopic (exact) mass is 246 g/mol. The predicted octanol–water partition coefficient (Wildman–Crippen LogP) is 3.03. The van der Waals surface area contributed by atoms with E-state index in [0.29, 0.717) is 17.9 Å². The molecule has 0 aliphatic rings. The van der Waals surface area contributed by atoms with Gasteiger partial charge in [0.15, 0.2) is 0 Å². The fourth-order valence-corrected chi connectivity index (χ4v) is 1.71. The molecular formula is C14H15FN2O. The summed E-state index contributed by atoms with van der Waals surface area (Å²) in [5.41, 5.74) is 7.30. The molecule has 0 heterocycles. The first kappa shape index (κ1) is 12.2. The molecule has 0 unspecified atom stereocenters. The van der Waals surface area contributed by atoms with Crippen molar-refractivity contribution in [3.05, 3.63) is 53.8 Å². The summed E-state index contributed by atoms with van der Waals surface area (Å²) < 4.78 is 18.8. The molecule has 94 valence electrons. The van der Waals surface area contributed by atoms with Gasteiger partial charge in [0.2, 0.25) is 0 Å². The first-order valence-corrected chi connectivity index (χ1v) is 5.61. The van der Waals surface area contributed by atoms with Crippen LogP contribution in [0.1, 0.15) is 5.56 Å². The van der Waals surface area contributed by atoms with Gasteiger partial charge in [-0.15, -0.1) is 0 Å². The van der Waals surface area contributed by atoms with E-state index < -0.39 is 0 Å². The summed E-state index contributed by atoms with van der Waals surface area (Å²) in [4.78, 5) is 0. The molecule has 2 aromatic rings. The average molecular weight is 246 g/mol. The molecule has 0 spiro atoms. The molecule has 0 aliphatic heterocycles. The van der Waals surface area contributed by atoms with Crippen LogP contribution in [0.2, 0.25) is 0 Å². The van der Waals surface area contributed by atoms with Crippen LogP contribution in [-0.2, 0) is 6.54 Å². The van der Waals surface area contributed by atoms with E-state index >= 15 is 0 Å². The second-order valence-corrected chi connectivity index (χ2v) is 3.90. The van der Waals surface area contributed by atoms with E-state index in [1.54, 1.807) is 19.2 Å². The van der Waals surface area contributed by atoms with E-state index in [2.05, 4.69) is 5.32 Å². The van der Waals surface area contributed by atoms with Crippen molar-refractivity contribution in [2.24, 2.45) is 0 Å². The highest BCUT2D eigenvalue weighted by Gasteiger charge is 2.04. The highest BCUT2D eigenvalue weighted by atomic mass is 19.1. The van der Waals surface area contributed by atoms with Crippen molar-refractivity contribution in [3.63, 3.8) is 0 Å². The van der Waals surface area contributed by atoms with E-state index in [1.807, 2.05) is 24.3 Å². The van der Waals surface area contributed by atoms with Gasteiger partial charge >= 0.3 is 0 Å². The van der Waals surface area contributed by atoms with Crippen molar-refractivity contribution in [1.29, 1.82) is 0 Å². The van der Waals surface area contributed by atoms with Crippen LogP contribution in [0.3, 0.4) is 0 Å². The average Bonchev–Trinajstić information content (AvgIpc) is 2.38. The Bertz CT molecular complexity index is 543. The molecule has 0 bridgehead atoms. The third-order valence-corrected chi connectivity index (χ3v) is 2.65. The van der Waals surface area contributed by atoms with Gasteiger partial charge in [-0.1, -0.05) is 18.2 Å². The number of methoxy groups -OCH3 is 1. The number of benzene rings is 2. The maximum absolute atomic E-state index is 13.6. The van der Waals surface area contributed by atoms with Crippen molar-refractivity contribution in [2.45, 2.75) is 6.54 Å². The van der Waals surface area contributed by atoms with Crippen LogP contribution in [0, 0.1) is 5.82 Å². The topological polar surface area (TPSA) is 47.3 Å². The Kier molecular flexibility index (Phi) is 3.67. The SMILES string of the molecule is COc1ccccc1CNc1ccc(N)cc1F. The fourth-order valence-electron chi connectivity index (χ4n) is 1.71. The molecule has 0 atom stereocenters. The van der Waals surface area contributed by atoms with Crippen molar-refractivity contribution < 1.29 is 9.13 Å². The van der Waals surface area contributed by atoms with Gasteiger partial charge in [0.25, 0.3) is 0 Å². The third kappa shape index (κ3) is 2.71. The molecular weight excluding hydrogens is 231 g/mol. The number of anilines is 2. The summed E-state index contributed by atoms with van der Waals surface area (Å²) >= 11 is 0. The van der Waals surface area contributed by atoms with E-state index in [1.165, 1.54) is 6.07 Å². The zero-order valence-corrected chi connectivity index (χ0v) is 10.1. The molecule has 0 saturated heterocycles. The molecule has 3 N–H and O–H groups in total. The van der Waals surface area contributed by atoms with Crippen LogP contribution in [-0.4, -0.2) is 7.11 Å². The number of hydrogen-bond donors (Lipinski definition) is 2. The van der Waals surface area contributed by atoms with Crippen molar-refractivity contribution >= 4 is 11.4 Å². The molecule has 0 aromatic heterocycles. The van der Waals surface area contributed by atoms with Crippen LogP contribution >= 0.6 is 0 Å². The molecule has 3 nitrogen and oxygen atoms in total. The van der Waals surface area contributed by atoms with Crippen LogP contribution < -0.4 is 15.8 Å². The number of nitrogens with one attached hydrogen (secondary N) is 1. The lowest BCUT2D eigenvalue weighted by atomic mass is 10.2. The lowest BCUT2D eigenvalue weighted by molar-refractivity contribution is 0.410. The van der Waals surface area contributed by atoms with Gasteiger partial charge in [-0.2, -0.15) is 0 Å². The number of halogens is 1. The number of nitrogen functional groups attached to an aromatic ring is 1. The van der Waals surface area contributed by atoms with Gasteiger partial charge in [-0.25, -0.2) is 4.39 Å². The Morgan fingerprint density at radius 1 is 1.22 bits per heavy atom. The summed E-state index contributed by atoms with van der Waals surface area (Å²) in [6.45, 7) is 0.491. The quantitative estimate of drug-likeness (QED) is 0.815. The largest absolute Gasteiger partial charge is 0.496 e. The van der Waals surface area contributed by atoms with E-state index in [9.17, 15) is 4.39 Å². The zero-order chi connectivity index (χ0) is 13.0. The molecule has 0 saturated carbocycles. The lowest BCUT2D eigenvalue weighted by Crippen LogP contribution is -2.03. The van der Waals surface area contributed by atoms with Crippen LogP contribution in [0.15, 0.2) is 42.5 Å². The first-order chi connectivity index (χ1) is 8.70. The second kappa shape index (κ2) is 5.40. The normalized spacial score (nSPS) is 10.1. The minimum Gasteiger partial charge on any atom is -0.496 e. The van der Waals surface area contributed by atoms with E-state index in [4.69, 9.17) is 10.5 Å². The molecule has 0 radical (unpaired) electrons. The fraction of sp³-hybridized carbons (Fsp3) is 0.143. The van der Waals surface area contributed by atoms with E-state index in [-0.39, 0.29) is 5.82 Å². The number of nitrogens with two attached hydrogens (primary N) is 1. The first-order valence-electron chi connectivity index (χ1n) is 5.61. The van der Waals surface area contributed by atoms with Crippen LogP contribution in [0.5, 0.6) is 5.75 Å². The summed E-state index contributed by atoms with van der Waals surface area (Å²) in [6.07, 6.45) is 0. The predicted molar refractivity (Wildman–Crippen MR) is 71.1 cm³/mol. The van der Waals surface area contributed by atoms with Gasteiger partial charge < -0.3 is 15.8 Å². The van der Waals surface area contributed by atoms with Crippen LogP contribution in [0.25, 0.3) is 0 Å². The second-order valence-electron chi connectivity index (χ2n) is 3.90. The molecule has 18 heavy (non-hydrogen) atoms. The zero-order valence-electron chi connectivity index (χ0n) is 10.1. The third-order valence-electron chi connectivity index (χ3n) is 2.65. The standard InChI is InChI=1S/C14H15FN2O/c1-18-14-5-3-2-4-10(14)9-17-13-7-6-11(16)8-12(13)15/h2-8,17H,9,16H2,1H3. The number of hydrogen-bond acceptors (Lipinski definition) is 3. The smallest absolute Gasteiger partial charge is 0.148 e. The van der Waals surface area contributed by atoms with Crippen molar-refractivity contribution in [1.82, 2.24) is 0 Å². The summed E-state index contributed by atoms with van der Waals surface area (Å²) in [7, 11) is 1.61. The Balaban J connectivity index is 2.11. The molecule has 2 aromatic carbocycles. The van der Waals surface area contributed by atoms with Crippen molar-refractivity contribution in [3.8, 4) is 5.75 Å². The molecule has 0 aliphatic carbocycles. The summed E-state index contributed by atoms with van der Waals surface area (Å²) in [5, 5.41) is 3.02.